The molecule has 0 N–H and O–H groups in total. The van der Waals surface area contributed by atoms with Crippen LogP contribution < -0.4 is 0 Å². The molecule has 0 aliphatic rings. The lowest BCUT2D eigenvalue weighted by molar-refractivity contribution is 0.759. The zero-order valence-electron chi connectivity index (χ0n) is 12.4. The van der Waals surface area contributed by atoms with Crippen LogP contribution >= 0.6 is 0 Å². The molecule has 0 fully saturated rings. The average molecular weight is 272 g/mol. The molecule has 0 radical (unpaired) electrons. The summed E-state index contributed by atoms with van der Waals surface area (Å²) in [5, 5.41) is 0. The van der Waals surface area contributed by atoms with Crippen molar-refractivity contribution in [3.63, 3.8) is 0 Å². The van der Waals surface area contributed by atoms with E-state index in [9.17, 15) is 0 Å². The highest BCUT2D eigenvalue weighted by molar-refractivity contribution is 5.64. The van der Waals surface area contributed by atoms with Crippen LogP contribution in [0.2, 0.25) is 0 Å². The molecule has 21 heavy (non-hydrogen) atoms. The summed E-state index contributed by atoms with van der Waals surface area (Å²) in [5.74, 6) is 0.539. The van der Waals surface area contributed by atoms with Gasteiger partial charge in [0.05, 0.1) is 0 Å². The smallest absolute Gasteiger partial charge is 0.0150 e. The molecule has 0 heteroatoms. The Morgan fingerprint density at radius 3 is 2.00 bits per heavy atom. The summed E-state index contributed by atoms with van der Waals surface area (Å²) in [6, 6.07) is 30.2. The van der Waals surface area contributed by atoms with Crippen molar-refractivity contribution in [1.82, 2.24) is 0 Å². The van der Waals surface area contributed by atoms with Crippen LogP contribution in [0.5, 0.6) is 0 Å². The topological polar surface area (TPSA) is 0 Å². The van der Waals surface area contributed by atoms with E-state index < -0.39 is 0 Å². The summed E-state index contributed by atoms with van der Waals surface area (Å²) < 4.78 is 0. The average Bonchev–Trinajstić information content (AvgIpc) is 2.57. The van der Waals surface area contributed by atoms with E-state index >= 15 is 0 Å². The van der Waals surface area contributed by atoms with Crippen molar-refractivity contribution >= 4 is 0 Å². The minimum atomic E-state index is 0.539. The highest BCUT2D eigenvalue weighted by atomic mass is 14.1. The molecule has 0 spiro atoms. The predicted octanol–water partition coefficient (Wildman–Crippen LogP) is 5.70. The van der Waals surface area contributed by atoms with E-state index in [0.29, 0.717) is 5.92 Å². The third kappa shape index (κ3) is 3.41. The van der Waals surface area contributed by atoms with Crippen LogP contribution in [0, 0.1) is 0 Å². The van der Waals surface area contributed by atoms with Crippen molar-refractivity contribution in [3.8, 4) is 11.1 Å². The van der Waals surface area contributed by atoms with Gasteiger partial charge in [-0.05, 0) is 34.6 Å². The van der Waals surface area contributed by atoms with E-state index in [2.05, 4.69) is 91.9 Å². The Morgan fingerprint density at radius 1 is 0.667 bits per heavy atom. The first kappa shape index (κ1) is 13.6. The fourth-order valence-corrected chi connectivity index (χ4v) is 2.76. The summed E-state index contributed by atoms with van der Waals surface area (Å²) in [4.78, 5) is 0. The molecule has 0 aliphatic heterocycles. The molecule has 0 aliphatic carbocycles. The lowest BCUT2D eigenvalue weighted by atomic mass is 9.92. The Kier molecular flexibility index (Phi) is 4.16. The second-order valence-corrected chi connectivity index (χ2v) is 5.58. The molecule has 0 bridgehead atoms. The van der Waals surface area contributed by atoms with Crippen molar-refractivity contribution in [3.05, 3.63) is 96.1 Å². The molecule has 1 unspecified atom stereocenters. The molecule has 0 saturated carbocycles. The molecule has 0 heterocycles. The maximum atomic E-state index is 2.31. The van der Waals surface area contributed by atoms with Gasteiger partial charge in [0.25, 0.3) is 0 Å². The number of benzene rings is 3. The van der Waals surface area contributed by atoms with Gasteiger partial charge in [0, 0.05) is 0 Å². The lowest BCUT2D eigenvalue weighted by Gasteiger charge is -2.13. The van der Waals surface area contributed by atoms with Gasteiger partial charge in [0.1, 0.15) is 0 Å². The van der Waals surface area contributed by atoms with Crippen LogP contribution in [-0.4, -0.2) is 0 Å². The number of hydrogen-bond acceptors (Lipinski definition) is 0. The van der Waals surface area contributed by atoms with Gasteiger partial charge in [-0.15, -0.1) is 0 Å². The van der Waals surface area contributed by atoms with Crippen molar-refractivity contribution in [1.29, 1.82) is 0 Å². The van der Waals surface area contributed by atoms with Gasteiger partial charge in [-0.3, -0.25) is 0 Å². The van der Waals surface area contributed by atoms with E-state index in [1.54, 1.807) is 0 Å². The number of rotatable bonds is 4. The minimum absolute atomic E-state index is 0.539. The third-order valence-electron chi connectivity index (χ3n) is 3.94. The molecular formula is C21H20. The van der Waals surface area contributed by atoms with Gasteiger partial charge < -0.3 is 0 Å². The summed E-state index contributed by atoms with van der Waals surface area (Å²) >= 11 is 0. The fourth-order valence-electron chi connectivity index (χ4n) is 2.76. The fraction of sp³-hybridized carbons (Fsp3) is 0.143. The summed E-state index contributed by atoms with van der Waals surface area (Å²) in [7, 11) is 0. The summed E-state index contributed by atoms with van der Waals surface area (Å²) in [6.07, 6.45) is 1.07. The third-order valence-corrected chi connectivity index (χ3v) is 3.94. The largest absolute Gasteiger partial charge is 0.0622 e. The van der Waals surface area contributed by atoms with Crippen molar-refractivity contribution in [2.75, 3.05) is 0 Å². The van der Waals surface area contributed by atoms with Crippen molar-refractivity contribution < 1.29 is 0 Å². The van der Waals surface area contributed by atoms with Crippen LogP contribution in [0.25, 0.3) is 11.1 Å². The number of hydrogen-bond donors (Lipinski definition) is 0. The van der Waals surface area contributed by atoms with E-state index in [4.69, 9.17) is 0 Å². The first-order valence-corrected chi connectivity index (χ1v) is 7.52. The standard InChI is InChI=1S/C21H20/c1-17(19-10-4-2-5-11-19)15-18-9-8-14-21(16-18)20-12-6-3-7-13-20/h2-14,16-17H,15H2,1H3. The molecule has 3 aromatic rings. The monoisotopic (exact) mass is 272 g/mol. The Bertz CT molecular complexity index is 683. The quantitative estimate of drug-likeness (QED) is 0.571. The van der Waals surface area contributed by atoms with Crippen LogP contribution in [0.1, 0.15) is 24.0 Å². The normalized spacial score (nSPS) is 12.0. The van der Waals surface area contributed by atoms with Crippen LogP contribution in [0.4, 0.5) is 0 Å². The first-order valence-electron chi connectivity index (χ1n) is 7.52. The second-order valence-electron chi connectivity index (χ2n) is 5.58. The zero-order chi connectivity index (χ0) is 14.5. The maximum Gasteiger partial charge on any atom is -0.0150 e. The molecule has 0 nitrogen and oxygen atoms in total. The van der Waals surface area contributed by atoms with Gasteiger partial charge in [0.2, 0.25) is 0 Å². The Hall–Kier alpha value is -2.34. The molecule has 0 aromatic heterocycles. The molecule has 0 amide bonds. The van der Waals surface area contributed by atoms with Crippen molar-refractivity contribution in [2.45, 2.75) is 19.3 Å². The predicted molar refractivity (Wildman–Crippen MR) is 90.4 cm³/mol. The molecule has 3 rings (SSSR count). The SMILES string of the molecule is CC(Cc1cccc(-c2ccccc2)c1)c1ccccc1. The molecule has 3 aromatic carbocycles. The van der Waals surface area contributed by atoms with E-state index in [1.807, 2.05) is 0 Å². The maximum absolute atomic E-state index is 2.31. The van der Waals surface area contributed by atoms with E-state index in [-0.39, 0.29) is 0 Å². The van der Waals surface area contributed by atoms with Gasteiger partial charge >= 0.3 is 0 Å². The minimum Gasteiger partial charge on any atom is -0.0622 e. The van der Waals surface area contributed by atoms with Crippen molar-refractivity contribution in [2.24, 2.45) is 0 Å². The van der Waals surface area contributed by atoms with Gasteiger partial charge in [0.15, 0.2) is 0 Å². The Morgan fingerprint density at radius 2 is 1.29 bits per heavy atom. The van der Waals surface area contributed by atoms with E-state index in [1.165, 1.54) is 22.3 Å². The molecule has 0 saturated heterocycles. The van der Waals surface area contributed by atoms with Gasteiger partial charge in [-0.1, -0.05) is 91.9 Å². The molecule has 1 atom stereocenters. The molecule has 104 valence electrons. The summed E-state index contributed by atoms with van der Waals surface area (Å²) in [5.41, 5.74) is 5.38. The second kappa shape index (κ2) is 6.41. The van der Waals surface area contributed by atoms with Crippen LogP contribution in [0.15, 0.2) is 84.9 Å². The van der Waals surface area contributed by atoms with Crippen LogP contribution in [0.3, 0.4) is 0 Å². The Balaban J connectivity index is 1.81. The van der Waals surface area contributed by atoms with E-state index in [0.717, 1.165) is 6.42 Å². The van der Waals surface area contributed by atoms with Gasteiger partial charge in [-0.2, -0.15) is 0 Å². The summed E-state index contributed by atoms with van der Waals surface area (Å²) in [6.45, 7) is 2.30. The van der Waals surface area contributed by atoms with Gasteiger partial charge in [-0.25, -0.2) is 0 Å². The zero-order valence-corrected chi connectivity index (χ0v) is 12.4. The lowest BCUT2D eigenvalue weighted by Crippen LogP contribution is -1.98. The highest BCUT2D eigenvalue weighted by Crippen LogP contribution is 2.24. The first-order chi connectivity index (χ1) is 10.3. The molecular weight excluding hydrogens is 252 g/mol. The highest BCUT2D eigenvalue weighted by Gasteiger charge is 2.07. The Labute approximate surface area is 127 Å². The van der Waals surface area contributed by atoms with Crippen LogP contribution in [-0.2, 0) is 6.42 Å².